The van der Waals surface area contributed by atoms with Crippen LogP contribution in [0.4, 0.5) is 15.8 Å². The van der Waals surface area contributed by atoms with Crippen LogP contribution in [0.5, 0.6) is 11.5 Å². The second kappa shape index (κ2) is 13.6. The number of aromatic nitrogens is 1. The lowest BCUT2D eigenvalue weighted by molar-refractivity contribution is -0.131. The number of ether oxygens (including phenoxy) is 2. The molecule has 0 radical (unpaired) electrons. The van der Waals surface area contributed by atoms with Gasteiger partial charge in [0.2, 0.25) is 11.8 Å². The Kier molecular flexibility index (Phi) is 9.16. The predicted octanol–water partition coefficient (Wildman–Crippen LogP) is 7.03. The molecular weight excluding hydrogens is 591 g/mol. The van der Waals surface area contributed by atoms with Crippen LogP contribution < -0.4 is 20.7 Å². The summed E-state index contributed by atoms with van der Waals surface area (Å²) in [5, 5.41) is 8.87. The molecule has 2 heterocycles. The van der Waals surface area contributed by atoms with E-state index in [0.29, 0.717) is 30.9 Å². The first-order valence-corrected chi connectivity index (χ1v) is 15.6. The fraction of sp³-hybridized carbons (Fsp3) is 0.229. The number of methoxy groups -OCH3 is 1. The monoisotopic (exact) mass is 624 g/mol. The molecule has 3 N–H and O–H groups in total. The van der Waals surface area contributed by atoms with Crippen molar-refractivity contribution in [3.05, 3.63) is 103 Å². The van der Waals surface area contributed by atoms with E-state index in [1.165, 1.54) is 29.0 Å². The molecule has 2 amide bonds. The standard InChI is InChI=1S/C35H33FN4O4S/c1-43-19-18-37-16-12-23-6-5-7-24(20-23)31-22-28-32(45-31)30(13-17-38-28)44-29-11-10-26(21-27(29)36)40-34(42)35(14-15-35)33(41)39-25-8-3-2-4-9-25/h2-11,13,17,20-22,37H,12,14-16,18-19H2,1H3,(H,39,41)(H,40,42). The highest BCUT2D eigenvalue weighted by Gasteiger charge is 2.56. The predicted molar refractivity (Wildman–Crippen MR) is 175 cm³/mol. The van der Waals surface area contributed by atoms with Crippen molar-refractivity contribution < 1.29 is 23.5 Å². The molecule has 1 aliphatic rings. The van der Waals surface area contributed by atoms with E-state index in [4.69, 9.17) is 9.47 Å². The van der Waals surface area contributed by atoms with Gasteiger partial charge in [-0.15, -0.1) is 11.3 Å². The maximum absolute atomic E-state index is 15.2. The van der Waals surface area contributed by atoms with Crippen LogP contribution in [0.15, 0.2) is 91.1 Å². The number of rotatable bonds is 13. The number of carbonyl (C=O) groups excluding carboxylic acids is 2. The minimum absolute atomic E-state index is 0.0152. The third-order valence-electron chi connectivity index (χ3n) is 7.72. The molecule has 5 aromatic rings. The summed E-state index contributed by atoms with van der Waals surface area (Å²) in [6, 6.07) is 25.3. The fourth-order valence-electron chi connectivity index (χ4n) is 5.03. The van der Waals surface area contributed by atoms with Gasteiger partial charge in [0.15, 0.2) is 11.6 Å². The Hall–Kier alpha value is -4.64. The summed E-state index contributed by atoms with van der Waals surface area (Å²) < 4.78 is 27.2. The smallest absolute Gasteiger partial charge is 0.240 e. The molecule has 8 nitrogen and oxygen atoms in total. The second-order valence-corrected chi connectivity index (χ2v) is 12.0. The van der Waals surface area contributed by atoms with Crippen LogP contribution in [0.3, 0.4) is 0 Å². The summed E-state index contributed by atoms with van der Waals surface area (Å²) in [5.41, 5.74) is 2.76. The number of nitrogens with one attached hydrogen (secondary N) is 3. The zero-order valence-corrected chi connectivity index (χ0v) is 25.6. The number of benzene rings is 3. The van der Waals surface area contributed by atoms with E-state index in [-0.39, 0.29) is 17.3 Å². The first-order valence-electron chi connectivity index (χ1n) is 14.8. The van der Waals surface area contributed by atoms with Crippen molar-refractivity contribution in [2.24, 2.45) is 5.41 Å². The summed E-state index contributed by atoms with van der Waals surface area (Å²) in [6.45, 7) is 2.35. The highest BCUT2D eigenvalue weighted by Crippen LogP contribution is 2.48. The molecule has 6 rings (SSSR count). The minimum atomic E-state index is -1.17. The molecule has 0 unspecified atom stereocenters. The van der Waals surface area contributed by atoms with E-state index in [2.05, 4.69) is 39.1 Å². The van der Waals surface area contributed by atoms with E-state index in [1.807, 2.05) is 18.2 Å². The zero-order valence-electron chi connectivity index (χ0n) is 24.8. The van der Waals surface area contributed by atoms with E-state index in [1.54, 1.807) is 49.7 Å². The maximum atomic E-state index is 15.2. The van der Waals surface area contributed by atoms with Gasteiger partial charge in [-0.25, -0.2) is 4.39 Å². The van der Waals surface area contributed by atoms with Gasteiger partial charge in [0.25, 0.3) is 0 Å². The zero-order chi connectivity index (χ0) is 31.2. The van der Waals surface area contributed by atoms with Crippen molar-refractivity contribution in [1.29, 1.82) is 0 Å². The van der Waals surface area contributed by atoms with Gasteiger partial charge in [0.05, 0.1) is 16.8 Å². The van der Waals surface area contributed by atoms with Gasteiger partial charge >= 0.3 is 0 Å². The number of fused-ring (bicyclic) bond motifs is 1. The van der Waals surface area contributed by atoms with Crippen LogP contribution in [0.1, 0.15) is 18.4 Å². The quantitative estimate of drug-likeness (QED) is 0.0961. The first-order chi connectivity index (χ1) is 21.9. The van der Waals surface area contributed by atoms with E-state index in [0.717, 1.165) is 40.2 Å². The summed E-state index contributed by atoms with van der Waals surface area (Å²) >= 11 is 1.53. The number of thiophene rings is 1. The molecule has 0 bridgehead atoms. The molecule has 45 heavy (non-hydrogen) atoms. The number of hydrogen-bond donors (Lipinski definition) is 3. The number of carbonyl (C=O) groups is 2. The van der Waals surface area contributed by atoms with Crippen LogP contribution in [0.25, 0.3) is 20.7 Å². The summed E-state index contributed by atoms with van der Waals surface area (Å²) in [7, 11) is 1.69. The average Bonchev–Trinajstić information content (AvgIpc) is 3.75. The molecule has 1 aliphatic carbocycles. The molecule has 0 aliphatic heterocycles. The summed E-state index contributed by atoms with van der Waals surface area (Å²) in [6.07, 6.45) is 3.39. The molecule has 10 heteroatoms. The molecule has 1 saturated carbocycles. The number of amides is 2. The van der Waals surface area contributed by atoms with Crippen molar-refractivity contribution in [1.82, 2.24) is 10.3 Å². The largest absolute Gasteiger partial charge is 0.453 e. The van der Waals surface area contributed by atoms with Crippen molar-refractivity contribution >= 4 is 44.7 Å². The van der Waals surface area contributed by atoms with Crippen molar-refractivity contribution in [2.75, 3.05) is 37.4 Å². The Balaban J connectivity index is 1.13. The molecule has 230 valence electrons. The van der Waals surface area contributed by atoms with Gasteiger partial charge in [-0.3, -0.25) is 14.6 Å². The Labute approximate surface area is 264 Å². The minimum Gasteiger partial charge on any atom is -0.453 e. The number of para-hydroxylation sites is 1. The van der Waals surface area contributed by atoms with Crippen LogP contribution in [0, 0.1) is 11.2 Å². The van der Waals surface area contributed by atoms with Crippen LogP contribution in [-0.2, 0) is 20.7 Å². The third-order valence-corrected chi connectivity index (χ3v) is 8.91. The van der Waals surface area contributed by atoms with Crippen molar-refractivity contribution in [3.8, 4) is 21.9 Å². The normalized spacial score (nSPS) is 13.4. The van der Waals surface area contributed by atoms with E-state index < -0.39 is 17.1 Å². The third kappa shape index (κ3) is 7.04. The van der Waals surface area contributed by atoms with Gasteiger partial charge in [0, 0.05) is 48.2 Å². The summed E-state index contributed by atoms with van der Waals surface area (Å²) in [4.78, 5) is 31.5. The Morgan fingerprint density at radius 2 is 1.69 bits per heavy atom. The van der Waals surface area contributed by atoms with Gasteiger partial charge < -0.3 is 25.4 Å². The molecule has 0 spiro atoms. The lowest BCUT2D eigenvalue weighted by Crippen LogP contribution is -2.35. The van der Waals surface area contributed by atoms with Crippen LogP contribution in [-0.4, -0.2) is 43.6 Å². The second-order valence-electron chi connectivity index (χ2n) is 10.9. The highest BCUT2D eigenvalue weighted by molar-refractivity contribution is 7.22. The number of pyridine rings is 1. The number of hydrogen-bond acceptors (Lipinski definition) is 7. The highest BCUT2D eigenvalue weighted by atomic mass is 32.1. The fourth-order valence-corrected chi connectivity index (χ4v) is 6.10. The van der Waals surface area contributed by atoms with Gasteiger partial charge in [-0.05, 0) is 67.3 Å². The lowest BCUT2D eigenvalue weighted by atomic mass is 10.0. The van der Waals surface area contributed by atoms with E-state index in [9.17, 15) is 9.59 Å². The van der Waals surface area contributed by atoms with Crippen LogP contribution in [0.2, 0.25) is 0 Å². The maximum Gasteiger partial charge on any atom is 0.240 e. The lowest BCUT2D eigenvalue weighted by Gasteiger charge is -2.16. The summed E-state index contributed by atoms with van der Waals surface area (Å²) in [5.74, 6) is -0.969. The number of anilines is 2. The first kappa shape index (κ1) is 30.4. The number of nitrogens with zero attached hydrogens (tertiary/aromatic N) is 1. The average molecular weight is 625 g/mol. The van der Waals surface area contributed by atoms with Gasteiger partial charge in [-0.2, -0.15) is 0 Å². The molecule has 3 aromatic carbocycles. The van der Waals surface area contributed by atoms with Crippen molar-refractivity contribution in [3.63, 3.8) is 0 Å². The molecule has 1 fully saturated rings. The van der Waals surface area contributed by atoms with Gasteiger partial charge in [-0.1, -0.05) is 42.5 Å². The Morgan fingerprint density at radius 1 is 0.889 bits per heavy atom. The van der Waals surface area contributed by atoms with Crippen LogP contribution >= 0.6 is 11.3 Å². The Bertz CT molecular complexity index is 1820. The number of halogens is 1. The SMILES string of the molecule is COCCNCCc1cccc(-c2cc3nccc(Oc4ccc(NC(=O)C5(C(=O)Nc6ccccc6)CC5)cc4F)c3s2)c1. The van der Waals surface area contributed by atoms with Crippen molar-refractivity contribution in [2.45, 2.75) is 19.3 Å². The topological polar surface area (TPSA) is 102 Å². The Morgan fingerprint density at radius 3 is 2.44 bits per heavy atom. The molecule has 0 atom stereocenters. The van der Waals surface area contributed by atoms with Gasteiger partial charge in [0.1, 0.15) is 11.2 Å². The molecule has 2 aromatic heterocycles. The molecular formula is C35H33FN4O4S. The van der Waals surface area contributed by atoms with E-state index >= 15 is 4.39 Å². The molecule has 0 saturated heterocycles.